The third-order valence-corrected chi connectivity index (χ3v) is 19.5. The van der Waals surface area contributed by atoms with Gasteiger partial charge in [0.2, 0.25) is 0 Å². The van der Waals surface area contributed by atoms with Crippen LogP contribution in [-0.2, 0) is 0 Å². The second-order valence-corrected chi connectivity index (χ2v) is 25.9. The number of nitrogens with zero attached hydrogens (tertiary/aromatic N) is 4. The lowest BCUT2D eigenvalue weighted by atomic mass is 9.97. The van der Waals surface area contributed by atoms with Crippen LogP contribution in [0.5, 0.6) is 11.5 Å². The largest absolute Gasteiger partial charge is 0.453 e. The zero-order chi connectivity index (χ0) is 69.9. The average Bonchev–Trinajstić information content (AvgIpc) is 0.832. The molecule has 0 fully saturated rings. The highest BCUT2D eigenvalue weighted by Gasteiger charge is 2.22. The van der Waals surface area contributed by atoms with Crippen LogP contribution in [0.25, 0.3) is 98.7 Å². The Labute approximate surface area is 604 Å². The number of anilines is 8. The van der Waals surface area contributed by atoms with Gasteiger partial charge in [-0.25, -0.2) is 0 Å². The van der Waals surface area contributed by atoms with Gasteiger partial charge in [-0.1, -0.05) is 303 Å². The van der Waals surface area contributed by atoms with Crippen molar-refractivity contribution >= 4 is 88.6 Å². The van der Waals surface area contributed by atoms with E-state index in [4.69, 9.17) is 4.74 Å². The first-order valence-corrected chi connectivity index (χ1v) is 35.1. The summed E-state index contributed by atoms with van der Waals surface area (Å²) in [7, 11) is 8.43. The van der Waals surface area contributed by atoms with Crippen molar-refractivity contribution in [1.29, 1.82) is 0 Å². The monoisotopic (exact) mass is 1330 g/mol. The summed E-state index contributed by atoms with van der Waals surface area (Å²) in [5.74, 6) is 1.80. The number of hydrogen-bond acceptors (Lipinski definition) is 5. The van der Waals surface area contributed by atoms with Gasteiger partial charge < -0.3 is 24.3 Å². The summed E-state index contributed by atoms with van der Waals surface area (Å²) in [5.41, 5.74) is 21.6. The first-order valence-electron chi connectivity index (χ1n) is 35.1. The Hall–Kier alpha value is -13.2. The zero-order valence-corrected chi connectivity index (χ0v) is 58.3. The van der Waals surface area contributed by atoms with Crippen molar-refractivity contribution in [2.75, 3.05) is 47.8 Å². The molecule has 0 atom stereocenters. The van der Waals surface area contributed by atoms with Crippen molar-refractivity contribution in [2.24, 2.45) is 0 Å². The van der Waals surface area contributed by atoms with E-state index in [-0.39, 0.29) is 0 Å². The smallest absolute Gasteiger partial charge is 0.151 e. The molecule has 5 heteroatoms. The third kappa shape index (κ3) is 14.8. The molecule has 1 aliphatic rings. The summed E-state index contributed by atoms with van der Waals surface area (Å²) in [6.45, 7) is 0. The Morgan fingerprint density at radius 3 is 1.03 bits per heavy atom. The van der Waals surface area contributed by atoms with Gasteiger partial charge in [-0.05, 0) is 196 Å². The first-order chi connectivity index (χ1) is 50.7. The van der Waals surface area contributed by atoms with E-state index in [9.17, 15) is 0 Å². The molecule has 0 aliphatic carbocycles. The minimum Gasteiger partial charge on any atom is -0.453 e. The molecule has 18 rings (SSSR count). The minimum atomic E-state index is 0.901. The molecule has 0 radical (unpaired) electrons. The maximum absolute atomic E-state index is 6.07. The highest BCUT2D eigenvalue weighted by Crippen LogP contribution is 2.47. The Bertz CT molecular complexity index is 5590. The maximum atomic E-state index is 6.07. The molecule has 0 unspecified atom stereocenters. The van der Waals surface area contributed by atoms with Gasteiger partial charge in [0.25, 0.3) is 0 Å². The molecule has 0 spiro atoms. The Balaban J connectivity index is 0.000000113. The molecule has 0 aromatic heterocycles. The summed E-state index contributed by atoms with van der Waals surface area (Å²) in [5, 5.41) is 10.2. The van der Waals surface area contributed by atoms with E-state index < -0.39 is 0 Å². The summed E-state index contributed by atoms with van der Waals surface area (Å²) in [6.07, 6.45) is 0. The highest BCUT2D eigenvalue weighted by atomic mass is 16.5. The lowest BCUT2D eigenvalue weighted by Crippen LogP contribution is -2.15. The Kier molecular flexibility index (Phi) is 19.5. The van der Waals surface area contributed by atoms with Gasteiger partial charge in [-0.2, -0.15) is 0 Å². The average molecular weight is 1330 g/mol. The predicted molar refractivity (Wildman–Crippen MR) is 441 cm³/mol. The molecule has 496 valence electrons. The summed E-state index contributed by atoms with van der Waals surface area (Å²) < 4.78 is 6.07. The second-order valence-electron chi connectivity index (χ2n) is 25.9. The summed E-state index contributed by atoms with van der Waals surface area (Å²) in [6, 6.07) is 141. The second kappa shape index (κ2) is 30.5. The molecule has 0 saturated carbocycles. The van der Waals surface area contributed by atoms with Crippen LogP contribution in [0.1, 0.15) is 0 Å². The molecule has 0 bridgehead atoms. The fourth-order valence-electron chi connectivity index (χ4n) is 13.7. The van der Waals surface area contributed by atoms with E-state index in [1.165, 1.54) is 133 Å². The number of fused-ring (bicyclic) bond motifs is 6. The minimum absolute atomic E-state index is 0.901. The third-order valence-electron chi connectivity index (χ3n) is 19.5. The van der Waals surface area contributed by atoms with Crippen LogP contribution in [0.15, 0.2) is 400 Å². The molecule has 0 amide bonds. The van der Waals surface area contributed by atoms with Crippen molar-refractivity contribution in [3.63, 3.8) is 0 Å². The van der Waals surface area contributed by atoms with Gasteiger partial charge in [0.05, 0.1) is 11.4 Å². The lowest BCUT2D eigenvalue weighted by Gasteiger charge is -2.29. The fraction of sp³-hybridized carbons (Fsp3) is 0.0408. The van der Waals surface area contributed by atoms with Crippen LogP contribution in [-0.4, -0.2) is 28.2 Å². The standard InChI is InChI=1S/C33H25N.2C23H19N.C19H15NO/c1-34(28-20-16-26(17-21-28)32-14-6-10-24-8-2-4-12-30(24)32)29-22-18-27(19-23-29)33-15-7-11-25-9-3-5-13-31(25)33;1-24(23-15-14-19-10-5-6-11-20(19)17-23)22-13-7-12-21(16-22)18-8-3-2-4-9-18;1-24(23-16-13-19-9-5-6-10-21(19)17-23)22-14-11-20(12-15-22)18-7-3-2-4-8-18;1-20-16-9-5-6-10-18(16)21-19-13-15(11-12-17(19)20)14-7-3-2-4-8-14/h2-23H,1H3;2*2-17H,1H3;2-13H,1H3. The highest BCUT2D eigenvalue weighted by molar-refractivity contribution is 5.98. The molecule has 5 nitrogen and oxygen atoms in total. The van der Waals surface area contributed by atoms with E-state index >= 15 is 0 Å². The molecule has 0 N–H and O–H groups in total. The van der Waals surface area contributed by atoms with Gasteiger partial charge in [-0.3, -0.25) is 0 Å². The zero-order valence-electron chi connectivity index (χ0n) is 58.3. The van der Waals surface area contributed by atoms with Crippen LogP contribution in [0, 0.1) is 0 Å². The molecule has 1 heterocycles. The molecule has 0 saturated heterocycles. The van der Waals surface area contributed by atoms with Crippen LogP contribution >= 0.6 is 0 Å². The Morgan fingerprint density at radius 1 is 0.204 bits per heavy atom. The van der Waals surface area contributed by atoms with Crippen molar-refractivity contribution < 1.29 is 4.74 Å². The van der Waals surface area contributed by atoms with Crippen LogP contribution in [0.2, 0.25) is 0 Å². The predicted octanol–water partition coefficient (Wildman–Crippen LogP) is 26.9. The van der Waals surface area contributed by atoms with Crippen molar-refractivity contribution in [3.8, 4) is 67.1 Å². The fourth-order valence-corrected chi connectivity index (χ4v) is 13.7. The van der Waals surface area contributed by atoms with Crippen LogP contribution < -0.4 is 24.3 Å². The molecular weight excluding hydrogens is 1250 g/mol. The topological polar surface area (TPSA) is 22.2 Å². The van der Waals surface area contributed by atoms with Crippen molar-refractivity contribution in [1.82, 2.24) is 0 Å². The normalized spacial score (nSPS) is 11.2. The molecular formula is C98H78N4O. The van der Waals surface area contributed by atoms with Crippen molar-refractivity contribution in [2.45, 2.75) is 0 Å². The van der Waals surface area contributed by atoms with Crippen molar-refractivity contribution in [3.05, 3.63) is 400 Å². The van der Waals surface area contributed by atoms with Gasteiger partial charge in [-0.15, -0.1) is 0 Å². The Morgan fingerprint density at radius 2 is 0.524 bits per heavy atom. The van der Waals surface area contributed by atoms with Gasteiger partial charge in [0, 0.05) is 62.3 Å². The molecule has 17 aromatic carbocycles. The maximum Gasteiger partial charge on any atom is 0.151 e. The molecule has 103 heavy (non-hydrogen) atoms. The first kappa shape index (κ1) is 65.7. The van der Waals surface area contributed by atoms with E-state index in [0.717, 1.165) is 22.9 Å². The quantitative estimate of drug-likeness (QED) is 0.128. The lowest BCUT2D eigenvalue weighted by molar-refractivity contribution is 0.476. The number of ether oxygens (including phenoxy) is 1. The van der Waals surface area contributed by atoms with E-state index in [1.807, 2.05) is 30.3 Å². The van der Waals surface area contributed by atoms with Gasteiger partial charge >= 0.3 is 0 Å². The summed E-state index contributed by atoms with van der Waals surface area (Å²) >= 11 is 0. The molecule has 1 aliphatic heterocycles. The SMILES string of the molecule is CN(c1ccc(-c2cccc3ccccc23)cc1)c1ccc(-c2cccc3ccccc23)cc1.CN(c1ccc(-c2ccccc2)cc1)c1ccc2ccccc2c1.CN(c1cccc(-c2ccccc2)c1)c1ccc2ccccc2c1.CN1c2ccccc2Oc2cc(-c3ccccc3)ccc21. The van der Waals surface area contributed by atoms with E-state index in [2.05, 4.69) is 418 Å². The molecule has 17 aromatic rings. The van der Waals surface area contributed by atoms with Gasteiger partial charge in [0.1, 0.15) is 0 Å². The van der Waals surface area contributed by atoms with Crippen LogP contribution in [0.3, 0.4) is 0 Å². The number of hydrogen-bond donors (Lipinski definition) is 0. The van der Waals surface area contributed by atoms with Gasteiger partial charge in [0.15, 0.2) is 11.5 Å². The van der Waals surface area contributed by atoms with E-state index in [0.29, 0.717) is 0 Å². The summed E-state index contributed by atoms with van der Waals surface area (Å²) in [4.78, 5) is 8.86. The van der Waals surface area contributed by atoms with E-state index in [1.54, 1.807) is 0 Å². The number of benzene rings is 17. The van der Waals surface area contributed by atoms with Crippen LogP contribution in [0.4, 0.5) is 45.5 Å². The number of rotatable bonds is 11. The number of para-hydroxylation sites is 2.